The molecule has 0 unspecified atom stereocenters. The second-order valence-electron chi connectivity index (χ2n) is 3.91. The third-order valence-electron chi connectivity index (χ3n) is 2.79. The van der Waals surface area contributed by atoms with Gasteiger partial charge < -0.3 is 10.6 Å². The van der Waals surface area contributed by atoms with Crippen LogP contribution in [0.4, 0.5) is 5.82 Å². The molecule has 1 aromatic rings. The van der Waals surface area contributed by atoms with Crippen LogP contribution in [0.5, 0.6) is 0 Å². The van der Waals surface area contributed by atoms with E-state index < -0.39 is 0 Å². The monoisotopic (exact) mass is 252 g/mol. The first-order valence-electron chi connectivity index (χ1n) is 5.31. The molecule has 0 fully saturated rings. The molecule has 0 saturated heterocycles. The molecule has 0 aromatic carbocycles. The number of hydrogen-bond acceptors (Lipinski definition) is 4. The molecule has 0 spiro atoms. The molecular formula is C11H13ClN4O. The molecule has 17 heavy (non-hydrogen) atoms. The highest BCUT2D eigenvalue weighted by atomic mass is 35.5. The number of nitrogens with zero attached hydrogens (tertiary/aromatic N) is 3. The molecule has 6 heteroatoms. The van der Waals surface area contributed by atoms with Crippen molar-refractivity contribution in [2.75, 3.05) is 18.8 Å². The van der Waals surface area contributed by atoms with Crippen molar-refractivity contribution in [1.82, 2.24) is 15.1 Å². The zero-order chi connectivity index (χ0) is 12.4. The van der Waals surface area contributed by atoms with Crippen molar-refractivity contribution in [3.8, 4) is 0 Å². The van der Waals surface area contributed by atoms with Gasteiger partial charge in [-0.1, -0.05) is 17.7 Å². The van der Waals surface area contributed by atoms with Gasteiger partial charge in [0, 0.05) is 25.6 Å². The third-order valence-corrected chi connectivity index (χ3v) is 2.98. The summed E-state index contributed by atoms with van der Waals surface area (Å²) in [6.45, 7) is 2.86. The number of halogens is 1. The summed E-state index contributed by atoms with van der Waals surface area (Å²) in [6.07, 6.45) is 2.74. The van der Waals surface area contributed by atoms with Gasteiger partial charge in [-0.25, -0.2) is 0 Å². The minimum Gasteiger partial charge on any atom is -0.382 e. The van der Waals surface area contributed by atoms with E-state index in [1.807, 2.05) is 6.08 Å². The summed E-state index contributed by atoms with van der Waals surface area (Å²) in [5, 5.41) is 7.78. The maximum absolute atomic E-state index is 11.2. The molecule has 1 aliphatic rings. The van der Waals surface area contributed by atoms with Gasteiger partial charge in [-0.3, -0.25) is 4.79 Å². The number of aromatic nitrogens is 2. The topological polar surface area (TPSA) is 72.1 Å². The molecule has 1 aliphatic heterocycles. The summed E-state index contributed by atoms with van der Waals surface area (Å²) in [5.74, 6) is 0.455. The van der Waals surface area contributed by atoms with Crippen LogP contribution < -0.4 is 5.73 Å². The first kappa shape index (κ1) is 11.9. The SMILES string of the molecule is CC(=O)N1CC=C(c2cc(Cl)nnc2N)CC1. The largest absolute Gasteiger partial charge is 0.382 e. The Morgan fingerprint density at radius 1 is 1.53 bits per heavy atom. The van der Waals surface area contributed by atoms with E-state index in [0.29, 0.717) is 24.1 Å². The van der Waals surface area contributed by atoms with Crippen molar-refractivity contribution in [3.63, 3.8) is 0 Å². The second-order valence-corrected chi connectivity index (χ2v) is 4.30. The van der Waals surface area contributed by atoms with Crippen molar-refractivity contribution in [2.45, 2.75) is 13.3 Å². The van der Waals surface area contributed by atoms with E-state index in [1.54, 1.807) is 17.9 Å². The molecule has 0 aliphatic carbocycles. The highest BCUT2D eigenvalue weighted by Gasteiger charge is 2.17. The summed E-state index contributed by atoms with van der Waals surface area (Å²) < 4.78 is 0. The van der Waals surface area contributed by atoms with E-state index in [-0.39, 0.29) is 5.91 Å². The van der Waals surface area contributed by atoms with E-state index in [1.165, 1.54) is 0 Å². The Balaban J connectivity index is 2.24. The molecule has 0 atom stereocenters. The molecule has 0 saturated carbocycles. The van der Waals surface area contributed by atoms with Crippen LogP contribution in [0.3, 0.4) is 0 Å². The standard InChI is InChI=1S/C11H13ClN4O/c1-7(17)16-4-2-8(3-5-16)9-6-10(12)14-15-11(9)13/h2,6H,3-5H2,1H3,(H2,13,15). The number of nitrogen functional groups attached to an aromatic ring is 1. The lowest BCUT2D eigenvalue weighted by molar-refractivity contribution is -0.128. The molecular weight excluding hydrogens is 240 g/mol. The molecule has 0 bridgehead atoms. The first-order valence-corrected chi connectivity index (χ1v) is 5.69. The quantitative estimate of drug-likeness (QED) is 0.819. The summed E-state index contributed by atoms with van der Waals surface area (Å²) in [4.78, 5) is 13.0. The fourth-order valence-electron chi connectivity index (χ4n) is 1.83. The minimum atomic E-state index is 0.0826. The number of anilines is 1. The van der Waals surface area contributed by atoms with Gasteiger partial charge in [0.05, 0.1) is 0 Å². The predicted octanol–water partition coefficient (Wildman–Crippen LogP) is 1.35. The van der Waals surface area contributed by atoms with Gasteiger partial charge in [0.1, 0.15) is 0 Å². The summed E-state index contributed by atoms with van der Waals surface area (Å²) in [7, 11) is 0. The molecule has 1 amide bonds. The van der Waals surface area contributed by atoms with Crippen molar-refractivity contribution in [3.05, 3.63) is 22.9 Å². The van der Waals surface area contributed by atoms with Crippen LogP contribution in [-0.2, 0) is 4.79 Å². The van der Waals surface area contributed by atoms with Gasteiger partial charge in [-0.05, 0) is 18.1 Å². The van der Waals surface area contributed by atoms with Crippen LogP contribution in [0.2, 0.25) is 5.15 Å². The average molecular weight is 253 g/mol. The van der Waals surface area contributed by atoms with Gasteiger partial charge in [0.2, 0.25) is 5.91 Å². The van der Waals surface area contributed by atoms with Gasteiger partial charge in [-0.2, -0.15) is 0 Å². The van der Waals surface area contributed by atoms with Crippen LogP contribution in [0.15, 0.2) is 12.1 Å². The van der Waals surface area contributed by atoms with Crippen molar-refractivity contribution < 1.29 is 4.79 Å². The van der Waals surface area contributed by atoms with Crippen LogP contribution in [0.25, 0.3) is 5.57 Å². The molecule has 5 nitrogen and oxygen atoms in total. The molecule has 1 aromatic heterocycles. The van der Waals surface area contributed by atoms with Gasteiger partial charge in [0.25, 0.3) is 0 Å². The summed E-state index contributed by atoms with van der Waals surface area (Å²) in [6, 6.07) is 1.71. The van der Waals surface area contributed by atoms with E-state index in [9.17, 15) is 4.79 Å². The number of hydrogen-bond donors (Lipinski definition) is 1. The van der Waals surface area contributed by atoms with Crippen LogP contribution in [-0.4, -0.2) is 34.1 Å². The molecule has 2 heterocycles. The second kappa shape index (κ2) is 4.71. The van der Waals surface area contributed by atoms with E-state index in [4.69, 9.17) is 17.3 Å². The van der Waals surface area contributed by atoms with Crippen LogP contribution in [0.1, 0.15) is 18.9 Å². The third kappa shape index (κ3) is 2.55. The van der Waals surface area contributed by atoms with Crippen molar-refractivity contribution in [2.24, 2.45) is 0 Å². The number of nitrogens with two attached hydrogens (primary N) is 1. The van der Waals surface area contributed by atoms with E-state index in [0.717, 1.165) is 17.6 Å². The highest BCUT2D eigenvalue weighted by Crippen LogP contribution is 2.26. The fraction of sp³-hybridized carbons (Fsp3) is 0.364. The maximum atomic E-state index is 11.2. The zero-order valence-electron chi connectivity index (χ0n) is 9.48. The number of carbonyl (C=O) groups is 1. The van der Waals surface area contributed by atoms with Gasteiger partial charge in [-0.15, -0.1) is 10.2 Å². The normalized spacial score (nSPS) is 15.6. The number of amides is 1. The highest BCUT2D eigenvalue weighted by molar-refractivity contribution is 6.29. The Labute approximate surface area is 104 Å². The first-order chi connectivity index (χ1) is 8.08. The minimum absolute atomic E-state index is 0.0826. The lowest BCUT2D eigenvalue weighted by atomic mass is 10.0. The molecule has 90 valence electrons. The Kier molecular flexibility index (Phi) is 3.28. The summed E-state index contributed by atoms with van der Waals surface area (Å²) in [5.41, 5.74) is 7.64. The molecule has 2 N–H and O–H groups in total. The molecule has 2 rings (SSSR count). The number of rotatable bonds is 1. The fourth-order valence-corrected chi connectivity index (χ4v) is 1.98. The summed E-state index contributed by atoms with van der Waals surface area (Å²) >= 11 is 5.79. The zero-order valence-corrected chi connectivity index (χ0v) is 10.2. The number of carbonyl (C=O) groups excluding carboxylic acids is 1. The lowest BCUT2D eigenvalue weighted by Gasteiger charge is -2.25. The average Bonchev–Trinajstić information content (AvgIpc) is 2.32. The molecule has 0 radical (unpaired) electrons. The Bertz CT molecular complexity index is 486. The van der Waals surface area contributed by atoms with Crippen molar-refractivity contribution in [1.29, 1.82) is 0 Å². The Morgan fingerprint density at radius 2 is 2.29 bits per heavy atom. The van der Waals surface area contributed by atoms with E-state index in [2.05, 4.69) is 10.2 Å². The Hall–Kier alpha value is -1.62. The Morgan fingerprint density at radius 3 is 2.88 bits per heavy atom. The maximum Gasteiger partial charge on any atom is 0.219 e. The van der Waals surface area contributed by atoms with E-state index >= 15 is 0 Å². The smallest absolute Gasteiger partial charge is 0.219 e. The van der Waals surface area contributed by atoms with Crippen LogP contribution in [0, 0.1) is 0 Å². The van der Waals surface area contributed by atoms with Crippen LogP contribution >= 0.6 is 11.6 Å². The van der Waals surface area contributed by atoms with Gasteiger partial charge in [0.15, 0.2) is 11.0 Å². The van der Waals surface area contributed by atoms with Crippen molar-refractivity contribution >= 4 is 28.9 Å². The predicted molar refractivity (Wildman–Crippen MR) is 66.3 cm³/mol. The lowest BCUT2D eigenvalue weighted by Crippen LogP contribution is -2.32. The van der Waals surface area contributed by atoms with Gasteiger partial charge >= 0.3 is 0 Å².